The number of anilines is 1. The van der Waals surface area contributed by atoms with Gasteiger partial charge in [-0.15, -0.1) is 0 Å². The number of hydrogen-bond acceptors (Lipinski definition) is 9. The van der Waals surface area contributed by atoms with E-state index in [-0.39, 0.29) is 22.4 Å². The number of amides is 1. The molecule has 29 heavy (non-hydrogen) atoms. The number of nitrogens with zero attached hydrogens (tertiary/aromatic N) is 3. The van der Waals surface area contributed by atoms with E-state index >= 15 is 0 Å². The molecule has 0 aliphatic carbocycles. The van der Waals surface area contributed by atoms with Gasteiger partial charge >= 0.3 is 7.82 Å². The second-order valence-corrected chi connectivity index (χ2v) is 7.75. The molecule has 1 aliphatic rings. The Morgan fingerprint density at radius 2 is 2.17 bits per heavy atom. The normalized spacial score (nSPS) is 27.0. The fourth-order valence-electron chi connectivity index (χ4n) is 3.06. The van der Waals surface area contributed by atoms with E-state index < -0.39 is 44.4 Å². The number of aromatic nitrogens is 3. The van der Waals surface area contributed by atoms with E-state index in [2.05, 4.69) is 26.3 Å². The highest BCUT2D eigenvalue weighted by Crippen LogP contribution is 2.43. The second kappa shape index (κ2) is 7.36. The molecule has 8 N–H and O–H groups in total. The Hall–Kier alpha value is -2.56. The van der Waals surface area contributed by atoms with Gasteiger partial charge < -0.3 is 40.8 Å². The molecule has 4 atom stereocenters. The molecule has 1 aliphatic heterocycles. The summed E-state index contributed by atoms with van der Waals surface area (Å²) in [7, 11) is -4.82. The lowest BCUT2D eigenvalue weighted by molar-refractivity contribution is -0.112. The van der Waals surface area contributed by atoms with Crippen molar-refractivity contribution in [3.05, 3.63) is 18.1 Å². The Labute approximate surface area is 163 Å². The fourth-order valence-corrected chi connectivity index (χ4v) is 3.40. The summed E-state index contributed by atoms with van der Waals surface area (Å²) in [5, 5.41) is 21.5. The number of ether oxygens (including phenoxy) is 1. The van der Waals surface area contributed by atoms with Crippen LogP contribution in [0.1, 0.15) is 18.7 Å². The SMILES string of the molecule is C[C@@]1(O)C(O)C(COP(=O)(O)O)OC1n1cc(C#CC(N)=O)c2c(N)ncnc21. The summed E-state index contributed by atoms with van der Waals surface area (Å²) in [6.07, 6.45) is -1.54. The van der Waals surface area contributed by atoms with E-state index in [1.807, 2.05) is 0 Å². The smallest absolute Gasteiger partial charge is 0.387 e. The number of fused-ring (bicyclic) bond motifs is 1. The predicted molar refractivity (Wildman–Crippen MR) is 96.5 cm³/mol. The van der Waals surface area contributed by atoms with Crippen LogP contribution in [0.3, 0.4) is 0 Å². The summed E-state index contributed by atoms with van der Waals surface area (Å²) in [6, 6.07) is 0. The van der Waals surface area contributed by atoms with Crippen molar-refractivity contribution in [2.75, 3.05) is 12.3 Å². The van der Waals surface area contributed by atoms with Gasteiger partial charge in [-0.2, -0.15) is 0 Å². The molecule has 13 nitrogen and oxygen atoms in total. The Morgan fingerprint density at radius 1 is 1.48 bits per heavy atom. The van der Waals surface area contributed by atoms with Crippen molar-refractivity contribution in [1.82, 2.24) is 14.5 Å². The number of nitrogen functional groups attached to an aromatic ring is 1. The van der Waals surface area contributed by atoms with Crippen LogP contribution in [0.25, 0.3) is 11.0 Å². The zero-order valence-electron chi connectivity index (χ0n) is 15.0. The topological polar surface area (TPSA) is 216 Å². The number of phosphoric acid groups is 1. The van der Waals surface area contributed by atoms with Gasteiger partial charge in [0.2, 0.25) is 0 Å². The van der Waals surface area contributed by atoms with Crippen LogP contribution in [-0.4, -0.2) is 64.9 Å². The number of carbonyl (C=O) groups is 1. The number of aliphatic hydroxyl groups is 2. The van der Waals surface area contributed by atoms with Gasteiger partial charge in [-0.3, -0.25) is 9.32 Å². The number of nitrogens with two attached hydrogens (primary N) is 2. The van der Waals surface area contributed by atoms with E-state index in [1.165, 1.54) is 17.7 Å². The zero-order valence-corrected chi connectivity index (χ0v) is 15.9. The minimum Gasteiger partial charge on any atom is -0.387 e. The van der Waals surface area contributed by atoms with Crippen molar-refractivity contribution in [1.29, 1.82) is 0 Å². The van der Waals surface area contributed by atoms with Crippen LogP contribution in [0.15, 0.2) is 12.5 Å². The monoisotopic (exact) mass is 427 g/mol. The molecule has 2 aromatic heterocycles. The first-order chi connectivity index (χ1) is 13.4. The quantitative estimate of drug-likeness (QED) is 0.231. The highest BCUT2D eigenvalue weighted by atomic mass is 31.2. The number of primary amides is 1. The molecule has 0 saturated carbocycles. The van der Waals surface area contributed by atoms with Gasteiger partial charge in [0.05, 0.1) is 17.6 Å². The van der Waals surface area contributed by atoms with Gasteiger partial charge in [-0.05, 0) is 6.92 Å². The highest BCUT2D eigenvalue weighted by molar-refractivity contribution is 7.46. The predicted octanol–water partition coefficient (Wildman–Crippen LogP) is -2.03. The molecule has 1 amide bonds. The number of carbonyl (C=O) groups excluding carboxylic acids is 1. The fraction of sp³-hybridized carbons (Fsp3) is 0.400. The van der Waals surface area contributed by atoms with E-state index in [0.717, 1.165) is 6.33 Å². The van der Waals surface area contributed by atoms with Gasteiger partial charge in [0.25, 0.3) is 5.91 Å². The summed E-state index contributed by atoms with van der Waals surface area (Å²) >= 11 is 0. The zero-order chi connectivity index (χ0) is 21.6. The first-order valence-corrected chi connectivity index (χ1v) is 9.63. The maximum Gasteiger partial charge on any atom is 0.469 e. The number of aliphatic hydroxyl groups excluding tert-OH is 1. The van der Waals surface area contributed by atoms with E-state index in [4.69, 9.17) is 26.0 Å². The molecule has 0 spiro atoms. The molecule has 0 radical (unpaired) electrons. The number of hydrogen-bond donors (Lipinski definition) is 6. The Kier molecular flexibility index (Phi) is 5.37. The molecule has 3 unspecified atom stereocenters. The van der Waals surface area contributed by atoms with Crippen molar-refractivity contribution in [2.45, 2.75) is 31.0 Å². The third kappa shape index (κ3) is 4.09. The lowest BCUT2D eigenvalue weighted by Gasteiger charge is -2.27. The van der Waals surface area contributed by atoms with Crippen LogP contribution >= 0.6 is 7.82 Å². The highest BCUT2D eigenvalue weighted by Gasteiger charge is 2.54. The number of rotatable bonds is 4. The second-order valence-electron chi connectivity index (χ2n) is 6.51. The van der Waals surface area contributed by atoms with E-state index in [0.29, 0.717) is 0 Å². The van der Waals surface area contributed by atoms with Gasteiger partial charge in [-0.25, -0.2) is 14.5 Å². The third-order valence-corrected chi connectivity index (χ3v) is 4.86. The first-order valence-electron chi connectivity index (χ1n) is 8.10. The lowest BCUT2D eigenvalue weighted by atomic mass is 9.96. The number of phosphoric ester groups is 1. The van der Waals surface area contributed by atoms with Crippen LogP contribution in [0.5, 0.6) is 0 Å². The summed E-state index contributed by atoms with van der Waals surface area (Å²) in [4.78, 5) is 36.7. The molecular formula is C15H18N5O8P. The maximum absolute atomic E-state index is 11.0. The van der Waals surface area contributed by atoms with Crippen molar-refractivity contribution >= 4 is 30.6 Å². The Balaban J connectivity index is 2.06. The van der Waals surface area contributed by atoms with Crippen LogP contribution in [0.2, 0.25) is 0 Å². The van der Waals surface area contributed by atoms with E-state index in [9.17, 15) is 19.6 Å². The molecule has 14 heteroatoms. The van der Waals surface area contributed by atoms with Crippen LogP contribution in [0.4, 0.5) is 5.82 Å². The van der Waals surface area contributed by atoms with Gasteiger partial charge in [0, 0.05) is 12.1 Å². The molecule has 0 bridgehead atoms. The van der Waals surface area contributed by atoms with Crippen LogP contribution in [-0.2, 0) is 18.6 Å². The van der Waals surface area contributed by atoms with Crippen LogP contribution in [0, 0.1) is 11.8 Å². The van der Waals surface area contributed by atoms with Gasteiger partial charge in [-0.1, -0.05) is 5.92 Å². The molecule has 1 fully saturated rings. The average Bonchev–Trinajstić information content (AvgIpc) is 3.08. The largest absolute Gasteiger partial charge is 0.469 e. The van der Waals surface area contributed by atoms with E-state index in [1.54, 1.807) is 0 Å². The lowest BCUT2D eigenvalue weighted by Crippen LogP contribution is -2.44. The standard InChI is InChI=1S/C15H18N5O8P/c1-15(23)11(22)8(5-27-29(24,25)26)28-14(15)20-4-7(2-3-9(16)21)10-12(17)18-6-19-13(10)20/h4,6,8,11,14,22-23H,5H2,1H3,(H2,16,21)(H2,17,18,19)(H2,24,25,26)/t8?,11?,14?,15-/m1/s1. The summed E-state index contributed by atoms with van der Waals surface area (Å²) < 4.78 is 22.2. The molecular weight excluding hydrogens is 409 g/mol. The molecule has 156 valence electrons. The summed E-state index contributed by atoms with van der Waals surface area (Å²) in [6.45, 7) is 0.591. The minimum atomic E-state index is -4.82. The van der Waals surface area contributed by atoms with Gasteiger partial charge in [0.15, 0.2) is 6.23 Å². The van der Waals surface area contributed by atoms with Crippen molar-refractivity contribution in [2.24, 2.45) is 5.73 Å². The maximum atomic E-state index is 11.0. The Morgan fingerprint density at radius 3 is 2.79 bits per heavy atom. The van der Waals surface area contributed by atoms with Crippen molar-refractivity contribution in [3.8, 4) is 11.8 Å². The minimum absolute atomic E-state index is 0.0436. The van der Waals surface area contributed by atoms with Crippen molar-refractivity contribution < 1.29 is 38.6 Å². The Bertz CT molecular complexity index is 1070. The van der Waals surface area contributed by atoms with Crippen LogP contribution < -0.4 is 11.5 Å². The molecule has 1 saturated heterocycles. The van der Waals surface area contributed by atoms with Crippen molar-refractivity contribution in [3.63, 3.8) is 0 Å². The average molecular weight is 427 g/mol. The molecule has 3 rings (SSSR count). The molecule has 0 aromatic carbocycles. The third-order valence-electron chi connectivity index (χ3n) is 4.37. The molecule has 3 heterocycles. The first kappa shape index (κ1) is 21.2. The van der Waals surface area contributed by atoms with Gasteiger partial charge in [0.1, 0.15) is 35.6 Å². The summed E-state index contributed by atoms with van der Waals surface area (Å²) in [5.74, 6) is 3.86. The molecule has 2 aromatic rings. The summed E-state index contributed by atoms with van der Waals surface area (Å²) in [5.41, 5.74) is 9.42.